The third kappa shape index (κ3) is 3.96. The zero-order valence-corrected chi connectivity index (χ0v) is 13.3. The molecule has 0 aliphatic heterocycles. The molecular formula is C20H20O4. The quantitative estimate of drug-likeness (QED) is 0.635. The average Bonchev–Trinajstić information content (AvgIpc) is 3.07. The molecule has 2 aromatic rings. The van der Waals surface area contributed by atoms with E-state index in [2.05, 4.69) is 0 Å². The number of hydrogen-bond donors (Lipinski definition) is 2. The maximum atomic E-state index is 12.1. The molecule has 0 unspecified atom stereocenters. The molecule has 4 heteroatoms. The normalized spacial score (nSPS) is 15.0. The highest BCUT2D eigenvalue weighted by Crippen LogP contribution is 2.25. The van der Waals surface area contributed by atoms with Crippen molar-refractivity contribution in [2.45, 2.75) is 31.8 Å². The lowest BCUT2D eigenvalue weighted by atomic mass is 10.1. The number of ketones is 1. The molecule has 0 bridgehead atoms. The number of hydrogen-bond acceptors (Lipinski definition) is 4. The predicted octanol–water partition coefficient (Wildman–Crippen LogP) is 4.32. The molecule has 24 heavy (non-hydrogen) atoms. The van der Waals surface area contributed by atoms with Crippen LogP contribution >= 0.6 is 0 Å². The van der Waals surface area contributed by atoms with Crippen LogP contribution in [0.2, 0.25) is 0 Å². The van der Waals surface area contributed by atoms with Crippen LogP contribution in [0.25, 0.3) is 6.08 Å². The average molecular weight is 324 g/mol. The molecule has 124 valence electrons. The van der Waals surface area contributed by atoms with Crippen molar-refractivity contribution in [2.24, 2.45) is 0 Å². The van der Waals surface area contributed by atoms with Crippen molar-refractivity contribution in [1.82, 2.24) is 0 Å². The first kappa shape index (κ1) is 16.1. The third-order valence-corrected chi connectivity index (χ3v) is 4.16. The monoisotopic (exact) mass is 324 g/mol. The molecule has 3 rings (SSSR count). The first-order chi connectivity index (χ1) is 11.6. The van der Waals surface area contributed by atoms with Crippen molar-refractivity contribution in [2.75, 3.05) is 0 Å². The van der Waals surface area contributed by atoms with Crippen molar-refractivity contribution in [3.8, 4) is 17.2 Å². The highest BCUT2D eigenvalue weighted by molar-refractivity contribution is 6.08. The fourth-order valence-corrected chi connectivity index (χ4v) is 2.85. The number of rotatable bonds is 5. The Morgan fingerprint density at radius 1 is 1.04 bits per heavy atom. The van der Waals surface area contributed by atoms with Crippen LogP contribution in [0.15, 0.2) is 48.5 Å². The van der Waals surface area contributed by atoms with Gasteiger partial charge in [0.1, 0.15) is 17.2 Å². The van der Waals surface area contributed by atoms with Gasteiger partial charge in [0.15, 0.2) is 5.78 Å². The van der Waals surface area contributed by atoms with Crippen LogP contribution in [0.1, 0.15) is 41.6 Å². The van der Waals surface area contributed by atoms with Gasteiger partial charge in [0.05, 0.1) is 11.7 Å². The number of ether oxygens (including phenoxy) is 1. The molecule has 1 saturated carbocycles. The second kappa shape index (κ2) is 7.21. The fraction of sp³-hybridized carbons (Fsp3) is 0.250. The van der Waals surface area contributed by atoms with Gasteiger partial charge in [-0.2, -0.15) is 0 Å². The first-order valence-electron chi connectivity index (χ1n) is 8.13. The van der Waals surface area contributed by atoms with Gasteiger partial charge in [0, 0.05) is 6.07 Å². The summed E-state index contributed by atoms with van der Waals surface area (Å²) >= 11 is 0. The van der Waals surface area contributed by atoms with E-state index in [9.17, 15) is 15.0 Å². The molecule has 1 fully saturated rings. The highest BCUT2D eigenvalue weighted by Gasteiger charge is 2.16. The Bertz CT molecular complexity index is 741. The first-order valence-corrected chi connectivity index (χ1v) is 8.13. The maximum absolute atomic E-state index is 12.1. The van der Waals surface area contributed by atoms with Crippen LogP contribution in [0, 0.1) is 0 Å². The second-order valence-corrected chi connectivity index (χ2v) is 5.99. The molecule has 0 aromatic heterocycles. The molecule has 2 aromatic carbocycles. The lowest BCUT2D eigenvalue weighted by molar-refractivity contribution is 0.104. The second-order valence-electron chi connectivity index (χ2n) is 5.99. The highest BCUT2D eigenvalue weighted by atomic mass is 16.5. The van der Waals surface area contributed by atoms with Crippen molar-refractivity contribution in [1.29, 1.82) is 0 Å². The van der Waals surface area contributed by atoms with E-state index < -0.39 is 0 Å². The molecule has 0 saturated heterocycles. The number of phenolic OH excluding ortho intramolecular Hbond substituents is 2. The van der Waals surface area contributed by atoms with Crippen LogP contribution in [-0.2, 0) is 0 Å². The summed E-state index contributed by atoms with van der Waals surface area (Å²) < 4.78 is 5.90. The standard InChI is InChI=1S/C20H20O4/c21-15-8-11-18(20(23)13-15)19(22)12-7-14-5-9-17(10-6-14)24-16-3-1-2-4-16/h5-13,16,21,23H,1-4H2. The van der Waals surface area contributed by atoms with Crippen LogP contribution in [0.3, 0.4) is 0 Å². The van der Waals surface area contributed by atoms with Gasteiger partial charge < -0.3 is 14.9 Å². The number of aromatic hydroxyl groups is 2. The number of phenols is 2. The van der Waals surface area contributed by atoms with Gasteiger partial charge in [-0.25, -0.2) is 0 Å². The van der Waals surface area contributed by atoms with Crippen LogP contribution in [-0.4, -0.2) is 22.1 Å². The van der Waals surface area contributed by atoms with Crippen molar-refractivity contribution >= 4 is 11.9 Å². The summed E-state index contributed by atoms with van der Waals surface area (Å²) in [5.41, 5.74) is 1.03. The SMILES string of the molecule is O=C(C=Cc1ccc(OC2CCCC2)cc1)c1ccc(O)cc1O. The van der Waals surface area contributed by atoms with Gasteiger partial charge in [0.25, 0.3) is 0 Å². The fourth-order valence-electron chi connectivity index (χ4n) is 2.85. The number of allylic oxidation sites excluding steroid dienone is 1. The summed E-state index contributed by atoms with van der Waals surface area (Å²) in [7, 11) is 0. The van der Waals surface area contributed by atoms with E-state index in [0.29, 0.717) is 6.10 Å². The van der Waals surface area contributed by atoms with Gasteiger partial charge in [-0.3, -0.25) is 4.79 Å². The summed E-state index contributed by atoms with van der Waals surface area (Å²) in [5.74, 6) is 0.219. The van der Waals surface area contributed by atoms with Crippen molar-refractivity contribution < 1.29 is 19.7 Å². The number of carbonyl (C=O) groups is 1. The van der Waals surface area contributed by atoms with Crippen LogP contribution in [0.5, 0.6) is 17.2 Å². The third-order valence-electron chi connectivity index (χ3n) is 4.16. The van der Waals surface area contributed by atoms with Gasteiger partial charge in [-0.1, -0.05) is 18.2 Å². The summed E-state index contributed by atoms with van der Waals surface area (Å²) in [4.78, 5) is 12.1. The van der Waals surface area contributed by atoms with Crippen LogP contribution in [0.4, 0.5) is 0 Å². The molecule has 0 spiro atoms. The van der Waals surface area contributed by atoms with Crippen molar-refractivity contribution in [3.05, 3.63) is 59.7 Å². The van der Waals surface area contributed by atoms with Crippen molar-refractivity contribution in [3.63, 3.8) is 0 Å². The van der Waals surface area contributed by atoms with E-state index in [1.54, 1.807) is 6.08 Å². The Hall–Kier alpha value is -2.75. The van der Waals surface area contributed by atoms with Gasteiger partial charge in [-0.05, 0) is 61.6 Å². The molecule has 1 aliphatic carbocycles. The molecule has 0 radical (unpaired) electrons. The summed E-state index contributed by atoms with van der Waals surface area (Å²) in [6.07, 6.45) is 8.12. The minimum absolute atomic E-state index is 0.0779. The smallest absolute Gasteiger partial charge is 0.189 e. The predicted molar refractivity (Wildman–Crippen MR) is 92.5 cm³/mol. The largest absolute Gasteiger partial charge is 0.508 e. The van der Waals surface area contributed by atoms with E-state index in [0.717, 1.165) is 30.2 Å². The molecule has 1 aliphatic rings. The van der Waals surface area contributed by atoms with E-state index in [4.69, 9.17) is 4.74 Å². The molecule has 0 amide bonds. The van der Waals surface area contributed by atoms with Gasteiger partial charge in [-0.15, -0.1) is 0 Å². The van der Waals surface area contributed by atoms with E-state index >= 15 is 0 Å². The van der Waals surface area contributed by atoms with E-state index in [1.165, 1.54) is 31.1 Å². The maximum Gasteiger partial charge on any atom is 0.189 e. The van der Waals surface area contributed by atoms with E-state index in [1.807, 2.05) is 24.3 Å². The minimum Gasteiger partial charge on any atom is -0.508 e. The molecule has 0 atom stereocenters. The molecule has 2 N–H and O–H groups in total. The molecule has 0 heterocycles. The number of carbonyl (C=O) groups excluding carboxylic acids is 1. The van der Waals surface area contributed by atoms with E-state index in [-0.39, 0.29) is 22.8 Å². The molecular weight excluding hydrogens is 304 g/mol. The lowest BCUT2D eigenvalue weighted by Crippen LogP contribution is -2.10. The Morgan fingerprint density at radius 2 is 1.75 bits per heavy atom. The summed E-state index contributed by atoms with van der Waals surface area (Å²) in [6, 6.07) is 11.5. The van der Waals surface area contributed by atoms with Gasteiger partial charge in [0.2, 0.25) is 0 Å². The minimum atomic E-state index is -0.321. The lowest BCUT2D eigenvalue weighted by Gasteiger charge is -2.12. The Labute approximate surface area is 141 Å². The van der Waals surface area contributed by atoms with Crippen LogP contribution < -0.4 is 4.74 Å². The Morgan fingerprint density at radius 3 is 2.42 bits per heavy atom. The summed E-state index contributed by atoms with van der Waals surface area (Å²) in [5, 5.41) is 19.0. The zero-order valence-electron chi connectivity index (χ0n) is 13.3. The Kier molecular flexibility index (Phi) is 4.85. The van der Waals surface area contributed by atoms with Gasteiger partial charge >= 0.3 is 0 Å². The summed E-state index contributed by atoms with van der Waals surface area (Å²) in [6.45, 7) is 0. The molecule has 4 nitrogen and oxygen atoms in total. The topological polar surface area (TPSA) is 66.8 Å². The Balaban J connectivity index is 1.64. The zero-order chi connectivity index (χ0) is 16.9. The number of benzene rings is 2.